The van der Waals surface area contributed by atoms with Crippen molar-refractivity contribution in [3.63, 3.8) is 0 Å². The van der Waals surface area contributed by atoms with Crippen LogP contribution >= 0.6 is 0 Å². The Balaban J connectivity index is 2.26. The molecule has 0 unspecified atom stereocenters. The summed E-state index contributed by atoms with van der Waals surface area (Å²) in [6.45, 7) is 3.90. The van der Waals surface area contributed by atoms with E-state index in [0.717, 1.165) is 5.56 Å². The molecule has 0 bridgehead atoms. The van der Waals surface area contributed by atoms with E-state index < -0.39 is 5.97 Å². The summed E-state index contributed by atoms with van der Waals surface area (Å²) >= 11 is 0. The average molecular weight is 283 g/mol. The molecule has 0 fully saturated rings. The van der Waals surface area contributed by atoms with E-state index in [1.165, 1.54) is 0 Å². The summed E-state index contributed by atoms with van der Waals surface area (Å²) in [6.07, 6.45) is 0. The molecule has 0 aromatic heterocycles. The van der Waals surface area contributed by atoms with Crippen LogP contribution < -0.4 is 5.32 Å². The SMILES string of the molecule is CCOC(=O)c1ccccc1NC(=O)c1ccccc1C. The average Bonchev–Trinajstić information content (AvgIpc) is 2.48. The number of carbonyl (C=O) groups is 2. The molecule has 0 atom stereocenters. The van der Waals surface area contributed by atoms with Crippen molar-refractivity contribution in [2.24, 2.45) is 0 Å². The van der Waals surface area contributed by atoms with E-state index in [-0.39, 0.29) is 5.91 Å². The fourth-order valence-electron chi connectivity index (χ4n) is 2.00. The first-order valence-electron chi connectivity index (χ1n) is 6.76. The maximum atomic E-state index is 12.3. The minimum Gasteiger partial charge on any atom is -0.462 e. The highest BCUT2D eigenvalue weighted by Crippen LogP contribution is 2.18. The van der Waals surface area contributed by atoms with Crippen molar-refractivity contribution in [2.45, 2.75) is 13.8 Å². The van der Waals surface area contributed by atoms with Crippen molar-refractivity contribution in [3.8, 4) is 0 Å². The summed E-state index contributed by atoms with van der Waals surface area (Å²) in [5.74, 6) is -0.692. The second kappa shape index (κ2) is 6.70. The van der Waals surface area contributed by atoms with Gasteiger partial charge in [0.15, 0.2) is 0 Å². The highest BCUT2D eigenvalue weighted by atomic mass is 16.5. The molecule has 2 aromatic carbocycles. The molecule has 1 amide bonds. The lowest BCUT2D eigenvalue weighted by molar-refractivity contribution is 0.0527. The lowest BCUT2D eigenvalue weighted by Crippen LogP contribution is -2.16. The van der Waals surface area contributed by atoms with Gasteiger partial charge in [0, 0.05) is 5.56 Å². The Morgan fingerprint density at radius 2 is 1.62 bits per heavy atom. The standard InChI is InChI=1S/C17H17NO3/c1-3-21-17(20)14-10-6-7-11-15(14)18-16(19)13-9-5-4-8-12(13)2/h4-11H,3H2,1-2H3,(H,18,19). The summed E-state index contributed by atoms with van der Waals surface area (Å²) in [4.78, 5) is 24.2. The Kier molecular flexibility index (Phi) is 4.72. The quantitative estimate of drug-likeness (QED) is 0.875. The van der Waals surface area contributed by atoms with Crippen molar-refractivity contribution >= 4 is 17.6 Å². The third-order valence-electron chi connectivity index (χ3n) is 3.06. The van der Waals surface area contributed by atoms with Gasteiger partial charge in [0.05, 0.1) is 17.9 Å². The van der Waals surface area contributed by atoms with Gasteiger partial charge in [-0.15, -0.1) is 0 Å². The van der Waals surface area contributed by atoms with E-state index in [2.05, 4.69) is 5.32 Å². The number of para-hydroxylation sites is 1. The van der Waals surface area contributed by atoms with Crippen molar-refractivity contribution in [3.05, 3.63) is 65.2 Å². The highest BCUT2D eigenvalue weighted by Gasteiger charge is 2.15. The minimum absolute atomic E-state index is 0.246. The van der Waals surface area contributed by atoms with Crippen LogP contribution in [0.4, 0.5) is 5.69 Å². The van der Waals surface area contributed by atoms with E-state index in [9.17, 15) is 9.59 Å². The van der Waals surface area contributed by atoms with Crippen LogP contribution in [0.3, 0.4) is 0 Å². The molecule has 1 N–H and O–H groups in total. The van der Waals surface area contributed by atoms with E-state index in [4.69, 9.17) is 4.74 Å². The number of aryl methyl sites for hydroxylation is 1. The van der Waals surface area contributed by atoms with Crippen LogP contribution in [0.1, 0.15) is 33.2 Å². The van der Waals surface area contributed by atoms with Gasteiger partial charge in [-0.2, -0.15) is 0 Å². The van der Waals surface area contributed by atoms with Crippen LogP contribution in [0.25, 0.3) is 0 Å². The second-order valence-corrected chi connectivity index (χ2v) is 4.54. The van der Waals surface area contributed by atoms with Crippen LogP contribution in [0.15, 0.2) is 48.5 Å². The van der Waals surface area contributed by atoms with Gasteiger partial charge in [-0.1, -0.05) is 30.3 Å². The fourth-order valence-corrected chi connectivity index (χ4v) is 2.00. The van der Waals surface area contributed by atoms with Gasteiger partial charge >= 0.3 is 5.97 Å². The van der Waals surface area contributed by atoms with Crippen LogP contribution in [0.2, 0.25) is 0 Å². The zero-order chi connectivity index (χ0) is 15.2. The highest BCUT2D eigenvalue weighted by molar-refractivity contribution is 6.08. The number of rotatable bonds is 4. The molecule has 0 aliphatic rings. The first-order valence-corrected chi connectivity index (χ1v) is 6.76. The number of hydrogen-bond donors (Lipinski definition) is 1. The number of amides is 1. The zero-order valence-corrected chi connectivity index (χ0v) is 12.1. The molecular formula is C17H17NO3. The predicted octanol–water partition coefficient (Wildman–Crippen LogP) is 3.42. The number of carbonyl (C=O) groups excluding carboxylic acids is 2. The first-order chi connectivity index (χ1) is 10.1. The van der Waals surface area contributed by atoms with Gasteiger partial charge in [0.25, 0.3) is 5.91 Å². The smallest absolute Gasteiger partial charge is 0.340 e. The van der Waals surface area contributed by atoms with E-state index in [0.29, 0.717) is 23.4 Å². The molecule has 0 saturated heterocycles. The lowest BCUT2D eigenvalue weighted by atomic mass is 10.1. The monoisotopic (exact) mass is 283 g/mol. The summed E-state index contributed by atoms with van der Waals surface area (Å²) in [5.41, 5.74) is 2.25. The van der Waals surface area contributed by atoms with Crippen molar-refractivity contribution in [1.82, 2.24) is 0 Å². The third kappa shape index (κ3) is 3.48. The second-order valence-electron chi connectivity index (χ2n) is 4.54. The van der Waals surface area contributed by atoms with Crippen LogP contribution in [-0.4, -0.2) is 18.5 Å². The van der Waals surface area contributed by atoms with E-state index >= 15 is 0 Å². The summed E-state index contributed by atoms with van der Waals surface area (Å²) < 4.78 is 4.99. The van der Waals surface area contributed by atoms with Crippen LogP contribution in [0, 0.1) is 6.92 Å². The normalized spacial score (nSPS) is 10.0. The molecule has 2 aromatic rings. The maximum Gasteiger partial charge on any atom is 0.340 e. The molecule has 4 heteroatoms. The molecule has 21 heavy (non-hydrogen) atoms. The van der Waals surface area contributed by atoms with Gasteiger partial charge in [0.1, 0.15) is 0 Å². The molecule has 0 aliphatic carbocycles. The number of hydrogen-bond acceptors (Lipinski definition) is 3. The first kappa shape index (κ1) is 14.8. The van der Waals surface area contributed by atoms with Crippen molar-refractivity contribution in [2.75, 3.05) is 11.9 Å². The summed E-state index contributed by atoms with van der Waals surface area (Å²) in [6, 6.07) is 14.1. The van der Waals surface area contributed by atoms with Gasteiger partial charge in [-0.3, -0.25) is 4.79 Å². The minimum atomic E-state index is -0.446. The largest absolute Gasteiger partial charge is 0.462 e. The molecule has 0 spiro atoms. The topological polar surface area (TPSA) is 55.4 Å². The Hall–Kier alpha value is -2.62. The predicted molar refractivity (Wildman–Crippen MR) is 81.5 cm³/mol. The van der Waals surface area contributed by atoms with Crippen LogP contribution in [-0.2, 0) is 4.74 Å². The summed E-state index contributed by atoms with van der Waals surface area (Å²) in [5, 5.41) is 2.77. The molecule has 108 valence electrons. The third-order valence-corrected chi connectivity index (χ3v) is 3.06. The van der Waals surface area contributed by atoms with Gasteiger partial charge in [0.2, 0.25) is 0 Å². The number of benzene rings is 2. The Morgan fingerprint density at radius 3 is 2.29 bits per heavy atom. The zero-order valence-electron chi connectivity index (χ0n) is 12.1. The number of nitrogens with one attached hydrogen (secondary N) is 1. The molecule has 0 aliphatic heterocycles. The van der Waals surface area contributed by atoms with Crippen LogP contribution in [0.5, 0.6) is 0 Å². The number of esters is 1. The van der Waals surface area contributed by atoms with E-state index in [1.54, 1.807) is 43.3 Å². The summed E-state index contributed by atoms with van der Waals surface area (Å²) in [7, 11) is 0. The Bertz CT molecular complexity index is 665. The van der Waals surface area contributed by atoms with Crippen molar-refractivity contribution < 1.29 is 14.3 Å². The van der Waals surface area contributed by atoms with Gasteiger partial charge in [-0.05, 0) is 37.6 Å². The Labute approximate surface area is 123 Å². The Morgan fingerprint density at radius 1 is 1.00 bits per heavy atom. The maximum absolute atomic E-state index is 12.3. The van der Waals surface area contributed by atoms with Gasteiger partial charge in [-0.25, -0.2) is 4.79 Å². The fraction of sp³-hybridized carbons (Fsp3) is 0.176. The molecule has 0 radical (unpaired) electrons. The lowest BCUT2D eigenvalue weighted by Gasteiger charge is -2.11. The van der Waals surface area contributed by atoms with Gasteiger partial charge < -0.3 is 10.1 Å². The molecule has 4 nitrogen and oxygen atoms in total. The molecular weight excluding hydrogens is 266 g/mol. The number of ether oxygens (including phenoxy) is 1. The molecule has 0 saturated carbocycles. The van der Waals surface area contributed by atoms with Crippen molar-refractivity contribution in [1.29, 1.82) is 0 Å². The number of anilines is 1. The molecule has 0 heterocycles. The van der Waals surface area contributed by atoms with E-state index in [1.807, 2.05) is 19.1 Å². The molecule has 2 rings (SSSR count).